The number of halogens is 1. The third-order valence-electron chi connectivity index (χ3n) is 5.32. The number of amides is 1. The van der Waals surface area contributed by atoms with Crippen molar-refractivity contribution in [2.45, 2.75) is 0 Å². The van der Waals surface area contributed by atoms with Crippen LogP contribution in [0.3, 0.4) is 0 Å². The van der Waals surface area contributed by atoms with Crippen LogP contribution in [0.4, 0.5) is 5.88 Å². The molecule has 166 valence electrons. The van der Waals surface area contributed by atoms with Crippen molar-refractivity contribution in [2.75, 3.05) is 5.32 Å². The molecule has 1 heterocycles. The Balaban J connectivity index is 1.56. The summed E-state index contributed by atoms with van der Waals surface area (Å²) in [6.45, 7) is 0. The Morgan fingerprint density at radius 3 is 2.21 bits per heavy atom. The maximum atomic E-state index is 12.8. The number of aromatic hydroxyl groups is 1. The molecule has 0 aliphatic carbocycles. The van der Waals surface area contributed by atoms with Crippen molar-refractivity contribution in [1.82, 2.24) is 4.98 Å². The van der Waals surface area contributed by atoms with Crippen LogP contribution < -0.4 is 5.32 Å². The number of oxazole rings is 1. The Bertz CT molecular complexity index is 1460. The van der Waals surface area contributed by atoms with E-state index in [1.807, 2.05) is 48.5 Å². The molecule has 2 N–H and O–H groups in total. The van der Waals surface area contributed by atoms with Crippen LogP contribution in [-0.2, 0) is 0 Å². The molecular formula is C28H19ClN2O3. The fourth-order valence-corrected chi connectivity index (χ4v) is 3.83. The number of rotatable bonds is 5. The lowest BCUT2D eigenvalue weighted by Gasteiger charge is -2.05. The molecule has 0 radical (unpaired) electrons. The van der Waals surface area contributed by atoms with Crippen molar-refractivity contribution in [2.24, 2.45) is 0 Å². The highest BCUT2D eigenvalue weighted by atomic mass is 35.5. The Kier molecular flexibility index (Phi) is 5.85. The zero-order chi connectivity index (χ0) is 23.5. The molecule has 6 heteroatoms. The van der Waals surface area contributed by atoms with E-state index in [1.54, 1.807) is 54.6 Å². The van der Waals surface area contributed by atoms with Crippen LogP contribution in [0.1, 0.15) is 10.4 Å². The maximum Gasteiger partial charge on any atom is 0.258 e. The number of hydrogen-bond acceptors (Lipinski definition) is 4. The number of carbonyl (C=O) groups is 1. The summed E-state index contributed by atoms with van der Waals surface area (Å²) in [5.41, 5.74) is 3.81. The van der Waals surface area contributed by atoms with E-state index < -0.39 is 0 Å². The van der Waals surface area contributed by atoms with E-state index in [9.17, 15) is 9.90 Å². The largest absolute Gasteiger partial charge is 0.507 e. The number of phenols is 1. The molecule has 0 saturated carbocycles. The normalized spacial score (nSPS) is 10.7. The number of anilines is 1. The number of benzene rings is 4. The minimum absolute atomic E-state index is 0.0150. The molecule has 34 heavy (non-hydrogen) atoms. The molecular weight excluding hydrogens is 448 g/mol. The van der Waals surface area contributed by atoms with Gasteiger partial charge in [0.05, 0.1) is 5.56 Å². The molecule has 5 rings (SSSR count). The number of carbonyl (C=O) groups excluding carboxylic acids is 1. The number of hydrogen-bond donors (Lipinski definition) is 2. The monoisotopic (exact) mass is 466 g/mol. The lowest BCUT2D eigenvalue weighted by molar-refractivity contribution is 0.102. The third kappa shape index (κ3) is 4.42. The van der Waals surface area contributed by atoms with Gasteiger partial charge in [0, 0.05) is 16.1 Å². The molecule has 5 aromatic rings. The van der Waals surface area contributed by atoms with E-state index in [1.165, 1.54) is 0 Å². The molecule has 1 aromatic heterocycles. The van der Waals surface area contributed by atoms with Gasteiger partial charge in [-0.3, -0.25) is 10.1 Å². The molecule has 0 aliphatic rings. The third-order valence-corrected chi connectivity index (χ3v) is 5.56. The summed E-state index contributed by atoms with van der Waals surface area (Å²) < 4.78 is 5.97. The average molecular weight is 467 g/mol. The first-order valence-electron chi connectivity index (χ1n) is 10.6. The summed E-state index contributed by atoms with van der Waals surface area (Å²) in [7, 11) is 0. The highest BCUT2D eigenvalue weighted by Gasteiger charge is 2.21. The molecule has 0 unspecified atom stereocenters. The summed E-state index contributed by atoms with van der Waals surface area (Å²) in [6, 6.07) is 31.0. The van der Waals surface area contributed by atoms with E-state index >= 15 is 0 Å². The zero-order valence-electron chi connectivity index (χ0n) is 17.9. The molecule has 0 fully saturated rings. The summed E-state index contributed by atoms with van der Waals surface area (Å²) in [5.74, 6) is 0.0181. The fraction of sp³-hybridized carbons (Fsp3) is 0. The molecule has 0 atom stereocenters. The summed E-state index contributed by atoms with van der Waals surface area (Å²) in [4.78, 5) is 17.4. The fourth-order valence-electron chi connectivity index (χ4n) is 3.64. The van der Waals surface area contributed by atoms with Crippen molar-refractivity contribution in [3.05, 3.63) is 114 Å². The quantitative estimate of drug-likeness (QED) is 0.285. The lowest BCUT2D eigenvalue weighted by Crippen LogP contribution is -2.11. The average Bonchev–Trinajstić information content (AvgIpc) is 3.28. The first kappa shape index (κ1) is 21.5. The standard InChI is InChI=1S/C28H19ClN2O3/c29-22-13-7-12-21(16-22)25-28(31-26(33)19-10-5-2-6-11-19)34-27(30-25)23-15-14-20(17-24(23)32)18-8-3-1-4-9-18/h1-17,32H,(H,31,33). The van der Waals surface area contributed by atoms with Crippen LogP contribution in [-0.4, -0.2) is 16.0 Å². The molecule has 5 nitrogen and oxygen atoms in total. The van der Waals surface area contributed by atoms with Crippen LogP contribution >= 0.6 is 11.6 Å². The van der Waals surface area contributed by atoms with Gasteiger partial charge in [-0.2, -0.15) is 0 Å². The molecule has 0 spiro atoms. The Hall–Kier alpha value is -4.35. The van der Waals surface area contributed by atoms with E-state index in [-0.39, 0.29) is 23.4 Å². The predicted octanol–water partition coefficient (Wildman–Crippen LogP) is 7.29. The van der Waals surface area contributed by atoms with E-state index in [4.69, 9.17) is 16.0 Å². The van der Waals surface area contributed by atoms with E-state index in [2.05, 4.69) is 10.3 Å². The second-order valence-electron chi connectivity index (χ2n) is 7.63. The predicted molar refractivity (Wildman–Crippen MR) is 134 cm³/mol. The van der Waals surface area contributed by atoms with Crippen LogP contribution in [0, 0.1) is 0 Å². The molecule has 0 aliphatic heterocycles. The Morgan fingerprint density at radius 1 is 0.794 bits per heavy atom. The van der Waals surface area contributed by atoms with Crippen LogP contribution in [0.5, 0.6) is 5.75 Å². The summed E-state index contributed by atoms with van der Waals surface area (Å²) in [6.07, 6.45) is 0. The summed E-state index contributed by atoms with van der Waals surface area (Å²) >= 11 is 6.19. The Labute approximate surface area is 201 Å². The summed E-state index contributed by atoms with van der Waals surface area (Å²) in [5, 5.41) is 14.1. The first-order valence-corrected chi connectivity index (χ1v) is 11.0. The number of nitrogens with zero attached hydrogens (tertiary/aromatic N) is 1. The van der Waals surface area contributed by atoms with Crippen molar-refractivity contribution in [3.63, 3.8) is 0 Å². The Morgan fingerprint density at radius 2 is 1.50 bits per heavy atom. The van der Waals surface area contributed by atoms with Gasteiger partial charge in [-0.05, 0) is 47.5 Å². The minimum Gasteiger partial charge on any atom is -0.507 e. The van der Waals surface area contributed by atoms with Gasteiger partial charge < -0.3 is 9.52 Å². The molecule has 0 bridgehead atoms. The maximum absolute atomic E-state index is 12.8. The molecule has 1 amide bonds. The van der Waals surface area contributed by atoms with Crippen molar-refractivity contribution in [3.8, 4) is 39.6 Å². The second kappa shape index (κ2) is 9.25. The highest BCUT2D eigenvalue weighted by molar-refractivity contribution is 6.30. The van der Waals surface area contributed by atoms with Gasteiger partial charge in [0.25, 0.3) is 5.91 Å². The number of aromatic nitrogens is 1. The highest BCUT2D eigenvalue weighted by Crippen LogP contribution is 2.38. The van der Waals surface area contributed by atoms with Crippen LogP contribution in [0.15, 0.2) is 108 Å². The SMILES string of the molecule is O=C(Nc1oc(-c2ccc(-c3ccccc3)cc2O)nc1-c1cccc(Cl)c1)c1ccccc1. The van der Waals surface area contributed by atoms with Crippen molar-refractivity contribution in [1.29, 1.82) is 0 Å². The van der Waals surface area contributed by atoms with Crippen LogP contribution in [0.25, 0.3) is 33.8 Å². The van der Waals surface area contributed by atoms with Gasteiger partial charge in [-0.15, -0.1) is 0 Å². The second-order valence-corrected chi connectivity index (χ2v) is 8.06. The topological polar surface area (TPSA) is 75.4 Å². The van der Waals surface area contributed by atoms with Crippen molar-refractivity contribution < 1.29 is 14.3 Å². The van der Waals surface area contributed by atoms with Crippen LogP contribution in [0.2, 0.25) is 5.02 Å². The smallest absolute Gasteiger partial charge is 0.258 e. The van der Waals surface area contributed by atoms with Gasteiger partial charge in [0.1, 0.15) is 11.4 Å². The van der Waals surface area contributed by atoms with Gasteiger partial charge in [0.2, 0.25) is 11.8 Å². The van der Waals surface area contributed by atoms with Gasteiger partial charge in [0.15, 0.2) is 0 Å². The van der Waals surface area contributed by atoms with Gasteiger partial charge in [-0.25, -0.2) is 4.98 Å². The van der Waals surface area contributed by atoms with E-state index in [0.717, 1.165) is 11.1 Å². The van der Waals surface area contributed by atoms with Gasteiger partial charge >= 0.3 is 0 Å². The van der Waals surface area contributed by atoms with E-state index in [0.29, 0.717) is 27.4 Å². The zero-order valence-corrected chi connectivity index (χ0v) is 18.7. The number of phenolic OH excluding ortho intramolecular Hbond substituents is 1. The van der Waals surface area contributed by atoms with Gasteiger partial charge in [-0.1, -0.05) is 78.3 Å². The first-order chi connectivity index (χ1) is 16.6. The lowest BCUT2D eigenvalue weighted by atomic mass is 10.0. The molecule has 4 aromatic carbocycles. The molecule has 0 saturated heterocycles. The van der Waals surface area contributed by atoms with Crippen molar-refractivity contribution >= 4 is 23.4 Å². The number of nitrogens with one attached hydrogen (secondary N) is 1. The minimum atomic E-state index is -0.338.